The number of methoxy groups -OCH3 is 3. The predicted octanol–water partition coefficient (Wildman–Crippen LogP) is 3.40. The summed E-state index contributed by atoms with van der Waals surface area (Å²) >= 11 is 0. The highest BCUT2D eigenvalue weighted by Crippen LogP contribution is 2.35. The summed E-state index contributed by atoms with van der Waals surface area (Å²) in [5, 5.41) is 0. The summed E-state index contributed by atoms with van der Waals surface area (Å²) in [6, 6.07) is 11.7. The van der Waals surface area contributed by atoms with Crippen LogP contribution in [0.2, 0.25) is 0 Å². The third-order valence-electron chi connectivity index (χ3n) is 5.80. The second-order valence-electron chi connectivity index (χ2n) is 7.92. The van der Waals surface area contributed by atoms with Crippen LogP contribution in [0.5, 0.6) is 23.0 Å². The summed E-state index contributed by atoms with van der Waals surface area (Å²) in [6.45, 7) is 1.66. The molecule has 0 radical (unpaired) electrons. The minimum Gasteiger partial charge on any atom is -0.493 e. The molecule has 1 heterocycles. The summed E-state index contributed by atoms with van der Waals surface area (Å²) in [6.07, 6.45) is 3.12. The zero-order valence-corrected chi connectivity index (χ0v) is 19.1. The normalized spacial score (nSPS) is 17.7. The van der Waals surface area contributed by atoms with E-state index in [0.717, 1.165) is 30.4 Å². The van der Waals surface area contributed by atoms with Crippen molar-refractivity contribution in [3.05, 3.63) is 47.5 Å². The molecule has 1 aliphatic heterocycles. The van der Waals surface area contributed by atoms with Crippen LogP contribution in [0.25, 0.3) is 0 Å². The first kappa shape index (κ1) is 23.7. The Kier molecular flexibility index (Phi) is 8.62. The van der Waals surface area contributed by atoms with E-state index in [9.17, 15) is 4.79 Å². The van der Waals surface area contributed by atoms with Crippen molar-refractivity contribution >= 4 is 5.97 Å². The van der Waals surface area contributed by atoms with E-state index in [-0.39, 0.29) is 17.8 Å². The second-order valence-corrected chi connectivity index (χ2v) is 7.92. The molecule has 32 heavy (non-hydrogen) atoms. The van der Waals surface area contributed by atoms with Gasteiger partial charge in [0, 0.05) is 5.92 Å². The number of esters is 1. The van der Waals surface area contributed by atoms with Crippen LogP contribution in [0, 0.1) is 11.8 Å². The maximum Gasteiger partial charge on any atom is 0.309 e. The van der Waals surface area contributed by atoms with Crippen LogP contribution in [0.3, 0.4) is 0 Å². The Morgan fingerprint density at radius 3 is 2.16 bits per heavy atom. The lowest BCUT2D eigenvalue weighted by Crippen LogP contribution is -2.20. The lowest BCUT2D eigenvalue weighted by Gasteiger charge is -2.18. The molecule has 2 aromatic carbocycles. The molecule has 1 unspecified atom stereocenters. The molecule has 2 aromatic rings. The maximum atomic E-state index is 12.5. The number of benzene rings is 2. The largest absolute Gasteiger partial charge is 0.493 e. The van der Waals surface area contributed by atoms with Gasteiger partial charge in [0.25, 0.3) is 0 Å². The number of carbonyl (C=O) groups is 1. The van der Waals surface area contributed by atoms with Crippen molar-refractivity contribution in [2.24, 2.45) is 17.6 Å². The number of hydrogen-bond acceptors (Lipinski definition) is 7. The molecule has 1 saturated heterocycles. The molecule has 7 nitrogen and oxygen atoms in total. The molecular formula is C25H33NO6. The molecule has 0 spiro atoms. The zero-order chi connectivity index (χ0) is 22.9. The van der Waals surface area contributed by atoms with Crippen molar-refractivity contribution in [3.63, 3.8) is 0 Å². The Balaban J connectivity index is 1.69. The van der Waals surface area contributed by atoms with Crippen molar-refractivity contribution in [1.29, 1.82) is 0 Å². The van der Waals surface area contributed by atoms with Gasteiger partial charge in [-0.3, -0.25) is 4.79 Å². The molecule has 3 rings (SSSR count). The smallest absolute Gasteiger partial charge is 0.309 e. The van der Waals surface area contributed by atoms with E-state index < -0.39 is 0 Å². The van der Waals surface area contributed by atoms with Gasteiger partial charge in [-0.05, 0) is 67.6 Å². The molecule has 0 aliphatic carbocycles. The first-order valence-electron chi connectivity index (χ1n) is 11.0. The lowest BCUT2D eigenvalue weighted by molar-refractivity contribution is -0.141. The van der Waals surface area contributed by atoms with Gasteiger partial charge in [-0.15, -0.1) is 0 Å². The van der Waals surface area contributed by atoms with Crippen LogP contribution in [-0.4, -0.2) is 47.1 Å². The quantitative estimate of drug-likeness (QED) is 0.397. The highest BCUT2D eigenvalue weighted by molar-refractivity contribution is 5.75. The van der Waals surface area contributed by atoms with Crippen molar-refractivity contribution in [3.8, 4) is 23.0 Å². The zero-order valence-electron chi connectivity index (χ0n) is 19.1. The van der Waals surface area contributed by atoms with Crippen LogP contribution >= 0.6 is 0 Å². The fourth-order valence-electron chi connectivity index (χ4n) is 4.01. The minimum absolute atomic E-state index is 0.0822. The van der Waals surface area contributed by atoms with Crippen LogP contribution < -0.4 is 24.7 Å². The molecule has 0 bridgehead atoms. The van der Waals surface area contributed by atoms with Gasteiger partial charge in [0.05, 0.1) is 40.5 Å². The topological polar surface area (TPSA) is 89.2 Å². The van der Waals surface area contributed by atoms with Crippen molar-refractivity contribution < 1.29 is 28.5 Å². The Morgan fingerprint density at radius 2 is 1.50 bits per heavy atom. The SMILES string of the molecule is COc1ccc(CC2COC(=O)[C@@H]2Cc2ccc(OCCCCN)c(OC)c2)cc1OC. The molecule has 174 valence electrons. The van der Waals surface area contributed by atoms with Crippen molar-refractivity contribution in [1.82, 2.24) is 0 Å². The summed E-state index contributed by atoms with van der Waals surface area (Å²) in [5.74, 6) is 2.43. The van der Waals surface area contributed by atoms with E-state index in [2.05, 4.69) is 0 Å². The van der Waals surface area contributed by atoms with Gasteiger partial charge in [0.15, 0.2) is 23.0 Å². The molecular weight excluding hydrogens is 410 g/mol. The lowest BCUT2D eigenvalue weighted by atomic mass is 9.85. The molecule has 1 fully saturated rings. The number of cyclic esters (lactones) is 1. The molecule has 0 amide bonds. The van der Waals surface area contributed by atoms with Gasteiger partial charge < -0.3 is 29.4 Å². The van der Waals surface area contributed by atoms with E-state index in [0.29, 0.717) is 49.2 Å². The number of ether oxygens (including phenoxy) is 5. The molecule has 2 N–H and O–H groups in total. The standard InChI is InChI=1S/C25H33NO6/c1-28-21-8-6-17(14-23(21)29-2)12-19-16-32-25(27)20(19)13-18-7-9-22(24(15-18)30-3)31-11-5-4-10-26/h6-9,14-15,19-20H,4-5,10-13,16,26H2,1-3H3/t19?,20-/m1/s1. The van der Waals surface area contributed by atoms with Crippen LogP contribution in [0.4, 0.5) is 0 Å². The summed E-state index contributed by atoms with van der Waals surface area (Å²) in [5.41, 5.74) is 7.62. The van der Waals surface area contributed by atoms with E-state index >= 15 is 0 Å². The number of rotatable bonds is 12. The third-order valence-corrected chi connectivity index (χ3v) is 5.80. The summed E-state index contributed by atoms with van der Waals surface area (Å²) in [7, 11) is 4.85. The minimum atomic E-state index is -0.218. The average molecular weight is 444 g/mol. The first-order valence-corrected chi connectivity index (χ1v) is 11.0. The van der Waals surface area contributed by atoms with E-state index in [1.165, 1.54) is 0 Å². The number of carbonyl (C=O) groups excluding carboxylic acids is 1. The van der Waals surface area contributed by atoms with Crippen LogP contribution in [-0.2, 0) is 22.4 Å². The van der Waals surface area contributed by atoms with Crippen LogP contribution in [0.15, 0.2) is 36.4 Å². The predicted molar refractivity (Wildman–Crippen MR) is 122 cm³/mol. The fraction of sp³-hybridized carbons (Fsp3) is 0.480. The van der Waals surface area contributed by atoms with Gasteiger partial charge in [-0.1, -0.05) is 12.1 Å². The molecule has 0 aromatic heterocycles. The highest BCUT2D eigenvalue weighted by atomic mass is 16.5. The molecule has 2 atom stereocenters. The summed E-state index contributed by atoms with van der Waals surface area (Å²) in [4.78, 5) is 12.5. The van der Waals surface area contributed by atoms with Gasteiger partial charge in [-0.25, -0.2) is 0 Å². The second kappa shape index (κ2) is 11.6. The van der Waals surface area contributed by atoms with Gasteiger partial charge in [0.1, 0.15) is 0 Å². The van der Waals surface area contributed by atoms with E-state index in [4.69, 9.17) is 29.4 Å². The molecule has 1 aliphatic rings. The fourth-order valence-corrected chi connectivity index (χ4v) is 4.01. The monoisotopic (exact) mass is 443 g/mol. The average Bonchev–Trinajstić information content (AvgIpc) is 3.15. The number of nitrogens with two attached hydrogens (primary N) is 1. The number of hydrogen-bond donors (Lipinski definition) is 1. The first-order chi connectivity index (χ1) is 15.6. The Hall–Kier alpha value is -2.93. The van der Waals surface area contributed by atoms with Crippen LogP contribution in [0.1, 0.15) is 24.0 Å². The molecule has 7 heteroatoms. The van der Waals surface area contributed by atoms with Gasteiger partial charge in [-0.2, -0.15) is 0 Å². The van der Waals surface area contributed by atoms with Crippen molar-refractivity contribution in [2.75, 3.05) is 41.1 Å². The van der Waals surface area contributed by atoms with E-state index in [1.807, 2.05) is 36.4 Å². The number of unbranched alkanes of at least 4 members (excludes halogenated alkanes) is 1. The maximum absolute atomic E-state index is 12.5. The molecule has 0 saturated carbocycles. The Labute approximate surface area is 189 Å². The van der Waals surface area contributed by atoms with Gasteiger partial charge >= 0.3 is 5.97 Å². The van der Waals surface area contributed by atoms with Crippen molar-refractivity contribution in [2.45, 2.75) is 25.7 Å². The summed E-state index contributed by atoms with van der Waals surface area (Å²) < 4.78 is 27.5. The highest BCUT2D eigenvalue weighted by Gasteiger charge is 2.37. The van der Waals surface area contributed by atoms with Gasteiger partial charge in [0.2, 0.25) is 0 Å². The Bertz CT molecular complexity index is 900. The third kappa shape index (κ3) is 5.85. The Morgan fingerprint density at radius 1 is 0.875 bits per heavy atom. The van der Waals surface area contributed by atoms with E-state index in [1.54, 1.807) is 21.3 Å².